The number of hydrogen-bond acceptors (Lipinski definition) is 5. The molecule has 0 bridgehead atoms. The van der Waals surface area contributed by atoms with Crippen molar-refractivity contribution in [3.05, 3.63) is 53.3 Å². The Balaban J connectivity index is 1.96. The molecule has 166 valence electrons. The summed E-state index contributed by atoms with van der Waals surface area (Å²) in [4.78, 5) is 26.8. The molecule has 0 spiro atoms. The van der Waals surface area contributed by atoms with E-state index in [4.69, 9.17) is 14.2 Å². The van der Waals surface area contributed by atoms with Crippen molar-refractivity contribution in [3.63, 3.8) is 0 Å². The molecule has 1 N–H and O–H groups in total. The van der Waals surface area contributed by atoms with Gasteiger partial charge in [-0.05, 0) is 61.7 Å². The van der Waals surface area contributed by atoms with Gasteiger partial charge >= 0.3 is 12.0 Å². The van der Waals surface area contributed by atoms with Crippen LogP contribution >= 0.6 is 0 Å². The molecule has 0 fully saturated rings. The van der Waals surface area contributed by atoms with E-state index < -0.39 is 23.9 Å². The zero-order chi connectivity index (χ0) is 22.4. The standard InChI is InChI=1S/C23H27FN2O5/c1-4-30-20-11-15-9-10-26(23(28)25-17-8-6-7-16(24)12-17)19(14-22(27)29-3)18(15)13-21(20)31-5-2/h6-8,11-13,19H,4-5,9-10,14H2,1-3H3,(H,25,28)/t19-/m1/s1. The van der Waals surface area contributed by atoms with E-state index in [-0.39, 0.29) is 6.42 Å². The van der Waals surface area contributed by atoms with E-state index in [0.29, 0.717) is 43.4 Å². The van der Waals surface area contributed by atoms with Crippen LogP contribution in [0.1, 0.15) is 37.4 Å². The number of benzene rings is 2. The van der Waals surface area contributed by atoms with Crippen molar-refractivity contribution in [2.45, 2.75) is 32.7 Å². The number of carbonyl (C=O) groups is 2. The van der Waals surface area contributed by atoms with Gasteiger partial charge in [-0.25, -0.2) is 9.18 Å². The van der Waals surface area contributed by atoms with Crippen molar-refractivity contribution in [1.29, 1.82) is 0 Å². The predicted molar refractivity (Wildman–Crippen MR) is 114 cm³/mol. The topological polar surface area (TPSA) is 77.1 Å². The van der Waals surface area contributed by atoms with Crippen molar-refractivity contribution < 1.29 is 28.2 Å². The minimum atomic E-state index is -0.556. The predicted octanol–water partition coefficient (Wildman–Crippen LogP) is 4.32. The summed E-state index contributed by atoms with van der Waals surface area (Å²) in [6, 6.07) is 8.44. The van der Waals surface area contributed by atoms with Crippen LogP contribution < -0.4 is 14.8 Å². The summed E-state index contributed by atoms with van der Waals surface area (Å²) in [5.74, 6) is 0.314. The second kappa shape index (κ2) is 10.1. The SMILES string of the molecule is CCOc1cc2c(cc1OCC)[C@@H](CC(=O)OC)N(C(=O)Nc1cccc(F)c1)CC2. The number of carbonyl (C=O) groups excluding carboxylic acids is 2. The Labute approximate surface area is 181 Å². The fourth-order valence-electron chi connectivity index (χ4n) is 3.71. The van der Waals surface area contributed by atoms with Gasteiger partial charge in [0.1, 0.15) is 5.82 Å². The molecule has 2 amide bonds. The lowest BCUT2D eigenvalue weighted by molar-refractivity contribution is -0.141. The van der Waals surface area contributed by atoms with Gasteiger partial charge in [-0.2, -0.15) is 0 Å². The highest BCUT2D eigenvalue weighted by molar-refractivity contribution is 5.90. The Kier molecular flexibility index (Phi) is 7.33. The molecular formula is C23H27FN2O5. The molecule has 3 rings (SSSR count). The van der Waals surface area contributed by atoms with Crippen molar-refractivity contribution in [2.24, 2.45) is 0 Å². The van der Waals surface area contributed by atoms with E-state index in [0.717, 1.165) is 11.1 Å². The molecule has 2 aromatic carbocycles. The molecule has 0 radical (unpaired) electrons. The highest BCUT2D eigenvalue weighted by atomic mass is 19.1. The summed E-state index contributed by atoms with van der Waals surface area (Å²) in [7, 11) is 1.31. The van der Waals surface area contributed by atoms with E-state index in [1.54, 1.807) is 11.0 Å². The fraction of sp³-hybridized carbons (Fsp3) is 0.391. The van der Waals surface area contributed by atoms with Gasteiger partial charge in [-0.3, -0.25) is 4.79 Å². The minimum Gasteiger partial charge on any atom is -0.490 e. The number of anilines is 1. The van der Waals surface area contributed by atoms with Crippen LogP contribution in [0.3, 0.4) is 0 Å². The number of ether oxygens (including phenoxy) is 3. The van der Waals surface area contributed by atoms with Gasteiger partial charge in [0.05, 0.1) is 32.8 Å². The first-order valence-corrected chi connectivity index (χ1v) is 10.3. The molecule has 8 heteroatoms. The number of amides is 2. The van der Waals surface area contributed by atoms with Crippen LogP contribution in [0.5, 0.6) is 11.5 Å². The van der Waals surface area contributed by atoms with Gasteiger partial charge in [-0.15, -0.1) is 0 Å². The first-order chi connectivity index (χ1) is 15.0. The van der Waals surface area contributed by atoms with Crippen molar-refractivity contribution in [3.8, 4) is 11.5 Å². The van der Waals surface area contributed by atoms with Gasteiger partial charge in [0.15, 0.2) is 11.5 Å². The third kappa shape index (κ3) is 5.25. The van der Waals surface area contributed by atoms with E-state index in [1.165, 1.54) is 25.3 Å². The summed E-state index contributed by atoms with van der Waals surface area (Å²) in [6.07, 6.45) is 0.565. The van der Waals surface area contributed by atoms with Crippen LogP contribution in [0, 0.1) is 5.82 Å². The quantitative estimate of drug-likeness (QED) is 0.662. The minimum absolute atomic E-state index is 0.0143. The second-order valence-corrected chi connectivity index (χ2v) is 7.04. The molecule has 1 atom stereocenters. The lowest BCUT2D eigenvalue weighted by Gasteiger charge is -2.37. The zero-order valence-corrected chi connectivity index (χ0v) is 17.9. The van der Waals surface area contributed by atoms with Crippen LogP contribution in [0.15, 0.2) is 36.4 Å². The molecule has 7 nitrogen and oxygen atoms in total. The molecule has 0 saturated heterocycles. The average molecular weight is 430 g/mol. The van der Waals surface area contributed by atoms with Crippen LogP contribution in [0.25, 0.3) is 0 Å². The lowest BCUT2D eigenvalue weighted by atomic mass is 9.90. The average Bonchev–Trinajstić information content (AvgIpc) is 2.74. The molecule has 0 unspecified atom stereocenters. The number of rotatable bonds is 7. The van der Waals surface area contributed by atoms with Gasteiger partial charge in [0.25, 0.3) is 0 Å². The van der Waals surface area contributed by atoms with Crippen LogP contribution in [-0.2, 0) is 16.0 Å². The number of methoxy groups -OCH3 is 1. The normalized spacial score (nSPS) is 15.1. The summed E-state index contributed by atoms with van der Waals surface area (Å²) >= 11 is 0. The van der Waals surface area contributed by atoms with E-state index >= 15 is 0 Å². The van der Waals surface area contributed by atoms with Crippen molar-refractivity contribution in [2.75, 3.05) is 32.2 Å². The summed E-state index contributed by atoms with van der Waals surface area (Å²) < 4.78 is 29.8. The number of nitrogens with one attached hydrogen (secondary N) is 1. The maximum atomic E-state index is 13.5. The second-order valence-electron chi connectivity index (χ2n) is 7.04. The van der Waals surface area contributed by atoms with E-state index in [1.807, 2.05) is 26.0 Å². The molecule has 1 aliphatic heterocycles. The maximum absolute atomic E-state index is 13.5. The lowest BCUT2D eigenvalue weighted by Crippen LogP contribution is -2.43. The molecule has 0 saturated carbocycles. The first-order valence-electron chi connectivity index (χ1n) is 10.3. The largest absolute Gasteiger partial charge is 0.490 e. The highest BCUT2D eigenvalue weighted by Crippen LogP contribution is 2.40. The smallest absolute Gasteiger partial charge is 0.322 e. The molecule has 0 aliphatic carbocycles. The molecule has 1 heterocycles. The molecule has 2 aromatic rings. The van der Waals surface area contributed by atoms with Gasteiger partial charge in [0.2, 0.25) is 0 Å². The number of fused-ring (bicyclic) bond motifs is 1. The molecule has 31 heavy (non-hydrogen) atoms. The van der Waals surface area contributed by atoms with Crippen molar-refractivity contribution in [1.82, 2.24) is 4.90 Å². The summed E-state index contributed by atoms with van der Waals surface area (Å²) in [6.45, 7) is 5.10. The number of halogens is 1. The van der Waals surface area contributed by atoms with E-state index in [9.17, 15) is 14.0 Å². The Morgan fingerprint density at radius 3 is 2.48 bits per heavy atom. The van der Waals surface area contributed by atoms with Crippen LogP contribution in [-0.4, -0.2) is 43.8 Å². The summed E-state index contributed by atoms with van der Waals surface area (Å²) in [5, 5.41) is 2.71. The fourth-order valence-corrected chi connectivity index (χ4v) is 3.71. The highest BCUT2D eigenvalue weighted by Gasteiger charge is 2.34. The number of urea groups is 1. The Morgan fingerprint density at radius 1 is 1.13 bits per heavy atom. The van der Waals surface area contributed by atoms with Gasteiger partial charge in [0, 0.05) is 12.2 Å². The molecule has 0 aromatic heterocycles. The maximum Gasteiger partial charge on any atom is 0.322 e. The van der Waals surface area contributed by atoms with Crippen LogP contribution in [0.2, 0.25) is 0 Å². The summed E-state index contributed by atoms with van der Waals surface area (Å²) in [5.41, 5.74) is 2.13. The third-order valence-electron chi connectivity index (χ3n) is 5.09. The van der Waals surface area contributed by atoms with Gasteiger partial charge < -0.3 is 24.4 Å². The Hall–Kier alpha value is -3.29. The Morgan fingerprint density at radius 2 is 1.84 bits per heavy atom. The third-order valence-corrected chi connectivity index (χ3v) is 5.09. The number of hydrogen-bond donors (Lipinski definition) is 1. The zero-order valence-electron chi connectivity index (χ0n) is 17.9. The number of nitrogens with zero attached hydrogens (tertiary/aromatic N) is 1. The number of esters is 1. The van der Waals surface area contributed by atoms with Gasteiger partial charge in [-0.1, -0.05) is 6.07 Å². The Bertz CT molecular complexity index is 950. The monoisotopic (exact) mass is 430 g/mol. The molecule has 1 aliphatic rings. The first kappa shape index (κ1) is 22.4. The van der Waals surface area contributed by atoms with Crippen molar-refractivity contribution >= 4 is 17.7 Å². The molecular weight excluding hydrogens is 403 g/mol. The van der Waals surface area contributed by atoms with E-state index in [2.05, 4.69) is 5.32 Å². The van der Waals surface area contributed by atoms with Crippen LogP contribution in [0.4, 0.5) is 14.9 Å².